The molecule has 0 atom stereocenters. The van der Waals surface area contributed by atoms with E-state index in [-0.39, 0.29) is 5.91 Å². The zero-order valence-corrected chi connectivity index (χ0v) is 21.1. The van der Waals surface area contributed by atoms with E-state index in [4.69, 9.17) is 14.1 Å². The standard InChI is InChI=1S/C26H23N5O3S2/c1-30-24(32)22(35-26(30)27-17-6-8-18(9-7-17)31-12-14-33-15-13-31)16-19-10-11-23(34-19)36-25-28-20-4-2-3-5-21(20)29-25/h2-11,16H,12-15H2,1H3,(H,28,29)/b22-16+,27-26?. The fourth-order valence-corrected chi connectivity index (χ4v) is 5.73. The number of aromatic nitrogens is 2. The van der Waals surface area contributed by atoms with Crippen LogP contribution in [0.3, 0.4) is 0 Å². The molecular weight excluding hydrogens is 494 g/mol. The van der Waals surface area contributed by atoms with Crippen molar-refractivity contribution < 1.29 is 13.9 Å². The van der Waals surface area contributed by atoms with Gasteiger partial charge in [-0.05, 0) is 72.1 Å². The molecule has 0 radical (unpaired) electrons. The SMILES string of the molecule is CN1C(=O)/C(=C\c2ccc(Sc3nc4ccccc4[nH]3)o2)SC1=Nc1ccc(N2CCOCC2)cc1. The number of hydrogen-bond acceptors (Lipinski definition) is 8. The average Bonchev–Trinajstić information content (AvgIpc) is 3.60. The lowest BCUT2D eigenvalue weighted by atomic mass is 10.2. The number of likely N-dealkylation sites (N-methyl/N-ethyl adjacent to an activating group) is 1. The summed E-state index contributed by atoms with van der Waals surface area (Å²) in [6, 6.07) is 19.7. The maximum Gasteiger partial charge on any atom is 0.266 e. The van der Waals surface area contributed by atoms with Crippen molar-refractivity contribution in [3.05, 3.63) is 71.3 Å². The van der Waals surface area contributed by atoms with Crippen LogP contribution in [0.1, 0.15) is 5.76 Å². The lowest BCUT2D eigenvalue weighted by molar-refractivity contribution is -0.121. The van der Waals surface area contributed by atoms with Gasteiger partial charge in [-0.2, -0.15) is 0 Å². The number of carbonyl (C=O) groups is 1. The van der Waals surface area contributed by atoms with Gasteiger partial charge in [-0.25, -0.2) is 9.98 Å². The Morgan fingerprint density at radius 2 is 1.89 bits per heavy atom. The molecular formula is C26H23N5O3S2. The number of benzene rings is 2. The highest BCUT2D eigenvalue weighted by Gasteiger charge is 2.30. The van der Waals surface area contributed by atoms with Gasteiger partial charge in [-0.3, -0.25) is 9.69 Å². The van der Waals surface area contributed by atoms with E-state index < -0.39 is 0 Å². The number of aromatic amines is 1. The van der Waals surface area contributed by atoms with Crippen LogP contribution in [0.2, 0.25) is 0 Å². The van der Waals surface area contributed by atoms with Crippen LogP contribution in [0.15, 0.2) is 85.2 Å². The number of rotatable bonds is 5. The molecule has 2 fully saturated rings. The molecule has 4 heterocycles. The highest BCUT2D eigenvalue weighted by molar-refractivity contribution is 8.18. The Kier molecular flexibility index (Phi) is 6.30. The monoisotopic (exact) mass is 517 g/mol. The minimum atomic E-state index is -0.105. The molecule has 2 aliphatic rings. The van der Waals surface area contributed by atoms with E-state index in [1.807, 2.05) is 48.5 Å². The van der Waals surface area contributed by atoms with Crippen LogP contribution in [-0.4, -0.2) is 59.3 Å². The lowest BCUT2D eigenvalue weighted by Gasteiger charge is -2.28. The molecule has 10 heteroatoms. The number of furan rings is 1. The predicted molar refractivity (Wildman–Crippen MR) is 144 cm³/mol. The van der Waals surface area contributed by atoms with Crippen LogP contribution in [0.5, 0.6) is 0 Å². The van der Waals surface area contributed by atoms with Crippen molar-refractivity contribution in [2.75, 3.05) is 38.3 Å². The van der Waals surface area contributed by atoms with Gasteiger partial charge in [0.05, 0.1) is 34.8 Å². The quantitative estimate of drug-likeness (QED) is 0.356. The Morgan fingerprint density at radius 3 is 2.69 bits per heavy atom. The third-order valence-corrected chi connectivity index (χ3v) is 7.76. The Balaban J connectivity index is 1.15. The zero-order valence-electron chi connectivity index (χ0n) is 19.5. The van der Waals surface area contributed by atoms with Gasteiger partial charge < -0.3 is 19.0 Å². The molecule has 6 rings (SSSR count). The number of aliphatic imine (C=N–C) groups is 1. The number of imidazole rings is 1. The van der Waals surface area contributed by atoms with Crippen LogP contribution in [-0.2, 0) is 9.53 Å². The van der Waals surface area contributed by atoms with Crippen LogP contribution in [0, 0.1) is 0 Å². The molecule has 36 heavy (non-hydrogen) atoms. The summed E-state index contributed by atoms with van der Waals surface area (Å²) < 4.78 is 11.4. The van der Waals surface area contributed by atoms with Crippen molar-refractivity contribution in [1.82, 2.24) is 14.9 Å². The van der Waals surface area contributed by atoms with Crippen LogP contribution >= 0.6 is 23.5 Å². The summed E-state index contributed by atoms with van der Waals surface area (Å²) in [5.41, 5.74) is 3.85. The molecule has 1 N–H and O–H groups in total. The van der Waals surface area contributed by atoms with Gasteiger partial charge in [0.2, 0.25) is 0 Å². The summed E-state index contributed by atoms with van der Waals surface area (Å²) in [6.45, 7) is 3.28. The predicted octanol–water partition coefficient (Wildman–Crippen LogP) is 5.38. The normalized spacial score (nSPS) is 18.8. The fourth-order valence-electron chi connectivity index (χ4n) is 3.99. The Hall–Kier alpha value is -3.47. The molecule has 0 saturated carbocycles. The fraction of sp³-hybridized carbons (Fsp3) is 0.192. The molecule has 0 spiro atoms. The van der Waals surface area contributed by atoms with Crippen LogP contribution in [0.4, 0.5) is 11.4 Å². The average molecular weight is 518 g/mol. The zero-order chi connectivity index (χ0) is 24.5. The number of amidine groups is 1. The number of amides is 1. The summed E-state index contributed by atoms with van der Waals surface area (Å²) in [5, 5.41) is 2.08. The number of morpholine rings is 1. The highest BCUT2D eigenvalue weighted by Crippen LogP contribution is 2.35. The maximum atomic E-state index is 12.8. The second-order valence-electron chi connectivity index (χ2n) is 8.30. The number of H-pyrrole nitrogens is 1. The van der Waals surface area contributed by atoms with Crippen molar-refractivity contribution in [1.29, 1.82) is 0 Å². The van der Waals surface area contributed by atoms with Gasteiger partial charge in [0.1, 0.15) is 5.76 Å². The van der Waals surface area contributed by atoms with Gasteiger partial charge in [-0.1, -0.05) is 12.1 Å². The summed E-state index contributed by atoms with van der Waals surface area (Å²) in [4.78, 5) is 29.8. The number of thioether (sulfide) groups is 1. The van der Waals surface area contributed by atoms with E-state index >= 15 is 0 Å². The lowest BCUT2D eigenvalue weighted by Crippen LogP contribution is -2.36. The smallest absolute Gasteiger partial charge is 0.266 e. The molecule has 8 nitrogen and oxygen atoms in total. The number of hydrogen-bond donors (Lipinski definition) is 1. The summed E-state index contributed by atoms with van der Waals surface area (Å²) in [6.07, 6.45) is 1.76. The van der Waals surface area contributed by atoms with Crippen LogP contribution in [0.25, 0.3) is 17.1 Å². The van der Waals surface area contributed by atoms with E-state index in [9.17, 15) is 4.79 Å². The minimum absolute atomic E-state index is 0.105. The molecule has 2 aromatic heterocycles. The number of nitrogens with one attached hydrogen (secondary N) is 1. The van der Waals surface area contributed by atoms with Crippen molar-refractivity contribution in [3.63, 3.8) is 0 Å². The Labute approximate surface area is 216 Å². The Morgan fingerprint density at radius 1 is 1.08 bits per heavy atom. The summed E-state index contributed by atoms with van der Waals surface area (Å²) >= 11 is 2.75. The van der Waals surface area contributed by atoms with Crippen LogP contribution < -0.4 is 4.90 Å². The highest BCUT2D eigenvalue weighted by atomic mass is 32.2. The molecule has 1 amide bonds. The second-order valence-corrected chi connectivity index (χ2v) is 10.3. The number of ether oxygens (including phenoxy) is 1. The van der Waals surface area contributed by atoms with E-state index in [0.717, 1.165) is 53.9 Å². The maximum absolute atomic E-state index is 12.8. The topological polar surface area (TPSA) is 87.0 Å². The number of para-hydroxylation sites is 2. The van der Waals surface area contributed by atoms with Crippen molar-refractivity contribution in [2.24, 2.45) is 4.99 Å². The summed E-state index contributed by atoms with van der Waals surface area (Å²) in [5.74, 6) is 0.501. The molecule has 2 aromatic carbocycles. The number of nitrogens with zero attached hydrogens (tertiary/aromatic N) is 4. The first-order valence-corrected chi connectivity index (χ1v) is 13.2. The van der Waals surface area contributed by atoms with Gasteiger partial charge in [0, 0.05) is 31.9 Å². The first-order chi connectivity index (χ1) is 17.6. The largest absolute Gasteiger partial charge is 0.450 e. The van der Waals surface area contributed by atoms with E-state index in [1.165, 1.54) is 23.5 Å². The first kappa shape index (κ1) is 23.0. The molecule has 0 aliphatic carbocycles. The molecule has 4 aromatic rings. The number of carbonyl (C=O) groups excluding carboxylic acids is 1. The van der Waals surface area contributed by atoms with E-state index in [2.05, 4.69) is 27.0 Å². The molecule has 2 saturated heterocycles. The minimum Gasteiger partial charge on any atom is -0.450 e. The number of fused-ring (bicyclic) bond motifs is 1. The third kappa shape index (κ3) is 4.79. The van der Waals surface area contributed by atoms with E-state index in [1.54, 1.807) is 18.0 Å². The molecule has 0 unspecified atom stereocenters. The summed E-state index contributed by atoms with van der Waals surface area (Å²) in [7, 11) is 1.74. The van der Waals surface area contributed by atoms with Gasteiger partial charge in [0.25, 0.3) is 5.91 Å². The van der Waals surface area contributed by atoms with Crippen molar-refractivity contribution >= 4 is 63.1 Å². The van der Waals surface area contributed by atoms with Crippen molar-refractivity contribution in [3.8, 4) is 0 Å². The second kappa shape index (κ2) is 9.88. The molecule has 182 valence electrons. The molecule has 2 aliphatic heterocycles. The van der Waals surface area contributed by atoms with E-state index in [0.29, 0.717) is 20.9 Å². The Bertz CT molecular complexity index is 1440. The molecule has 0 bridgehead atoms. The van der Waals surface area contributed by atoms with Gasteiger partial charge in [0.15, 0.2) is 15.4 Å². The van der Waals surface area contributed by atoms with Crippen molar-refractivity contribution in [2.45, 2.75) is 10.2 Å². The third-order valence-electron chi connectivity index (χ3n) is 5.89. The first-order valence-electron chi connectivity index (χ1n) is 11.5. The van der Waals surface area contributed by atoms with Gasteiger partial charge >= 0.3 is 0 Å². The number of anilines is 1. The van der Waals surface area contributed by atoms with Gasteiger partial charge in [-0.15, -0.1) is 0 Å².